The van der Waals surface area contributed by atoms with Crippen LogP contribution in [0.3, 0.4) is 0 Å². The summed E-state index contributed by atoms with van der Waals surface area (Å²) in [5.74, 6) is 6.87. The Kier molecular flexibility index (Phi) is 1.69. The quantitative estimate of drug-likeness (QED) is 0.485. The van der Waals surface area contributed by atoms with Crippen molar-refractivity contribution in [2.24, 2.45) is 46.8 Å². The van der Waals surface area contributed by atoms with Crippen molar-refractivity contribution in [3.63, 3.8) is 0 Å². The SMILES string of the molecule is CC1CC2CC1C1C3C[C@@H](C21)C1(COC(=O)C1)C3. The van der Waals surface area contributed by atoms with Gasteiger partial charge in [-0.25, -0.2) is 0 Å². The number of fused-ring (bicyclic) bond motifs is 10. The lowest BCUT2D eigenvalue weighted by Crippen LogP contribution is -2.41. The summed E-state index contributed by atoms with van der Waals surface area (Å²) in [6, 6.07) is 0. The fourth-order valence-electron chi connectivity index (χ4n) is 7.22. The predicted molar refractivity (Wildman–Crippen MR) is 66.6 cm³/mol. The fraction of sp³-hybridized carbons (Fsp3) is 0.938. The van der Waals surface area contributed by atoms with E-state index in [9.17, 15) is 4.79 Å². The summed E-state index contributed by atoms with van der Waals surface area (Å²) in [7, 11) is 0. The van der Waals surface area contributed by atoms with Gasteiger partial charge in [-0.1, -0.05) is 6.92 Å². The molecular formula is C16H22O2. The fourth-order valence-corrected chi connectivity index (χ4v) is 7.22. The summed E-state index contributed by atoms with van der Waals surface area (Å²) in [5.41, 5.74) is 0.288. The van der Waals surface area contributed by atoms with Gasteiger partial charge in [0.05, 0.1) is 13.0 Å². The minimum Gasteiger partial charge on any atom is -0.465 e. The van der Waals surface area contributed by atoms with Crippen LogP contribution in [0.1, 0.15) is 39.0 Å². The number of hydrogen-bond donors (Lipinski definition) is 0. The Morgan fingerprint density at radius 2 is 2.06 bits per heavy atom. The van der Waals surface area contributed by atoms with Gasteiger partial charge in [0, 0.05) is 5.41 Å². The number of rotatable bonds is 0. The van der Waals surface area contributed by atoms with Gasteiger partial charge in [-0.05, 0) is 67.1 Å². The molecule has 4 aliphatic carbocycles. The molecule has 2 heteroatoms. The minimum atomic E-state index is 0.0793. The minimum absolute atomic E-state index is 0.0793. The summed E-state index contributed by atoms with van der Waals surface area (Å²) in [4.78, 5) is 11.6. The Balaban J connectivity index is 1.52. The van der Waals surface area contributed by atoms with Gasteiger partial charge < -0.3 is 4.74 Å². The molecule has 0 aromatic carbocycles. The van der Waals surface area contributed by atoms with Gasteiger partial charge in [-0.15, -0.1) is 0 Å². The maximum atomic E-state index is 11.6. The number of esters is 1. The Labute approximate surface area is 108 Å². The second-order valence-corrected chi connectivity index (χ2v) is 8.03. The Bertz CT molecular complexity index is 431. The monoisotopic (exact) mass is 246 g/mol. The third-order valence-electron chi connectivity index (χ3n) is 7.50. The van der Waals surface area contributed by atoms with Crippen molar-refractivity contribution in [1.82, 2.24) is 0 Å². The largest absolute Gasteiger partial charge is 0.465 e. The van der Waals surface area contributed by atoms with Crippen LogP contribution >= 0.6 is 0 Å². The van der Waals surface area contributed by atoms with Gasteiger partial charge in [-0.3, -0.25) is 4.79 Å². The van der Waals surface area contributed by atoms with E-state index in [1.807, 2.05) is 0 Å². The molecule has 4 bridgehead atoms. The topological polar surface area (TPSA) is 26.3 Å². The number of carbonyl (C=O) groups excluding carboxylic acids is 1. The van der Waals surface area contributed by atoms with Crippen LogP contribution in [0, 0.1) is 46.8 Å². The first-order chi connectivity index (χ1) is 8.68. The lowest BCUT2D eigenvalue weighted by atomic mass is 9.59. The van der Waals surface area contributed by atoms with E-state index in [-0.39, 0.29) is 11.4 Å². The van der Waals surface area contributed by atoms with Gasteiger partial charge in [0.2, 0.25) is 0 Å². The molecule has 0 aromatic rings. The molecule has 5 aliphatic rings. The van der Waals surface area contributed by atoms with Crippen LogP contribution in [-0.4, -0.2) is 12.6 Å². The highest BCUT2D eigenvalue weighted by Crippen LogP contribution is 2.74. The van der Waals surface area contributed by atoms with Crippen LogP contribution in [-0.2, 0) is 9.53 Å². The molecule has 0 amide bonds. The first-order valence-corrected chi connectivity index (χ1v) is 7.83. The Hall–Kier alpha value is -0.530. The third-order valence-corrected chi connectivity index (χ3v) is 7.50. The maximum Gasteiger partial charge on any atom is 0.306 e. The lowest BCUT2D eigenvalue weighted by Gasteiger charge is -2.44. The van der Waals surface area contributed by atoms with Crippen LogP contribution < -0.4 is 0 Å². The summed E-state index contributed by atoms with van der Waals surface area (Å²) >= 11 is 0. The number of ether oxygens (including phenoxy) is 1. The molecule has 7 unspecified atom stereocenters. The molecule has 4 saturated carbocycles. The Morgan fingerprint density at radius 1 is 1.17 bits per heavy atom. The highest BCUT2D eigenvalue weighted by atomic mass is 16.5. The molecule has 5 rings (SSSR count). The third kappa shape index (κ3) is 0.981. The molecule has 1 saturated heterocycles. The number of carbonyl (C=O) groups is 1. The smallest absolute Gasteiger partial charge is 0.306 e. The molecule has 98 valence electrons. The molecule has 2 nitrogen and oxygen atoms in total. The highest BCUT2D eigenvalue weighted by Gasteiger charge is 2.69. The second-order valence-electron chi connectivity index (χ2n) is 8.03. The zero-order valence-electron chi connectivity index (χ0n) is 11.1. The molecule has 1 heterocycles. The molecule has 5 fully saturated rings. The number of cyclic esters (lactones) is 1. The van der Waals surface area contributed by atoms with Gasteiger partial charge in [0.15, 0.2) is 0 Å². The van der Waals surface area contributed by atoms with E-state index in [0.29, 0.717) is 0 Å². The van der Waals surface area contributed by atoms with Crippen molar-refractivity contribution in [3.05, 3.63) is 0 Å². The van der Waals surface area contributed by atoms with E-state index in [0.717, 1.165) is 54.5 Å². The first-order valence-electron chi connectivity index (χ1n) is 7.83. The van der Waals surface area contributed by atoms with Crippen molar-refractivity contribution >= 4 is 5.97 Å². The van der Waals surface area contributed by atoms with E-state index in [1.165, 1.54) is 25.7 Å². The normalized spacial score (nSPS) is 63.8. The van der Waals surface area contributed by atoms with Crippen molar-refractivity contribution in [2.75, 3.05) is 6.61 Å². The average molecular weight is 246 g/mol. The maximum absolute atomic E-state index is 11.6. The molecule has 1 aliphatic heterocycles. The molecule has 1 spiro atoms. The number of hydrogen-bond acceptors (Lipinski definition) is 2. The molecule has 0 N–H and O–H groups in total. The average Bonchev–Trinajstić information content (AvgIpc) is 3.04. The lowest BCUT2D eigenvalue weighted by molar-refractivity contribution is -0.137. The van der Waals surface area contributed by atoms with Crippen LogP contribution in [0.15, 0.2) is 0 Å². The van der Waals surface area contributed by atoms with Crippen LogP contribution in [0.5, 0.6) is 0 Å². The van der Waals surface area contributed by atoms with E-state index >= 15 is 0 Å². The van der Waals surface area contributed by atoms with Gasteiger partial charge >= 0.3 is 5.97 Å². The van der Waals surface area contributed by atoms with Crippen molar-refractivity contribution in [2.45, 2.75) is 39.0 Å². The van der Waals surface area contributed by atoms with Crippen molar-refractivity contribution < 1.29 is 9.53 Å². The highest BCUT2D eigenvalue weighted by molar-refractivity contribution is 5.72. The predicted octanol–water partition coefficient (Wildman–Crippen LogP) is 2.87. The summed E-state index contributed by atoms with van der Waals surface area (Å²) < 4.78 is 5.35. The van der Waals surface area contributed by atoms with E-state index < -0.39 is 0 Å². The van der Waals surface area contributed by atoms with E-state index in [2.05, 4.69) is 6.92 Å². The molecule has 0 radical (unpaired) electrons. The molecule has 0 aromatic heterocycles. The van der Waals surface area contributed by atoms with Crippen LogP contribution in [0.25, 0.3) is 0 Å². The summed E-state index contributed by atoms with van der Waals surface area (Å²) in [6.45, 7) is 3.23. The van der Waals surface area contributed by atoms with Gasteiger partial charge in [0.1, 0.15) is 0 Å². The van der Waals surface area contributed by atoms with Crippen molar-refractivity contribution in [3.8, 4) is 0 Å². The summed E-state index contributed by atoms with van der Waals surface area (Å²) in [5, 5.41) is 0. The zero-order chi connectivity index (χ0) is 12.1. The molecular weight excluding hydrogens is 224 g/mol. The first kappa shape index (κ1) is 10.3. The Morgan fingerprint density at radius 3 is 2.83 bits per heavy atom. The van der Waals surface area contributed by atoms with Gasteiger partial charge in [0.25, 0.3) is 0 Å². The van der Waals surface area contributed by atoms with E-state index in [4.69, 9.17) is 4.74 Å². The molecule has 8 atom stereocenters. The zero-order valence-corrected chi connectivity index (χ0v) is 11.1. The molecule has 18 heavy (non-hydrogen) atoms. The van der Waals surface area contributed by atoms with E-state index in [1.54, 1.807) is 0 Å². The van der Waals surface area contributed by atoms with Crippen LogP contribution in [0.2, 0.25) is 0 Å². The second kappa shape index (κ2) is 2.96. The van der Waals surface area contributed by atoms with Crippen LogP contribution in [0.4, 0.5) is 0 Å². The summed E-state index contributed by atoms with van der Waals surface area (Å²) in [6.07, 6.45) is 6.45. The van der Waals surface area contributed by atoms with Gasteiger partial charge in [-0.2, -0.15) is 0 Å². The standard InChI is InChI=1S/C16H22O2/c1-8-2-9-3-11(8)14-10-4-12(15(9)14)16(5-10)6-13(17)18-7-16/h8-12,14-15H,2-7H2,1H3/t8?,9?,10?,11?,12-,14?,15?,16?/m0/s1. The van der Waals surface area contributed by atoms with Crippen molar-refractivity contribution in [1.29, 1.82) is 0 Å².